The molecule has 19 heavy (non-hydrogen) atoms. The van der Waals surface area contributed by atoms with Crippen LogP contribution < -0.4 is 4.74 Å². The van der Waals surface area contributed by atoms with Crippen molar-refractivity contribution in [2.45, 2.75) is 38.4 Å². The van der Waals surface area contributed by atoms with Crippen molar-refractivity contribution < 1.29 is 4.74 Å². The summed E-state index contributed by atoms with van der Waals surface area (Å²) < 4.78 is 5.76. The van der Waals surface area contributed by atoms with E-state index < -0.39 is 0 Å². The van der Waals surface area contributed by atoms with Crippen LogP contribution in [0.4, 0.5) is 0 Å². The molecule has 0 saturated heterocycles. The minimum atomic E-state index is -0.235. The molecule has 1 aromatic rings. The van der Waals surface area contributed by atoms with E-state index in [0.29, 0.717) is 6.61 Å². The molecule has 0 aliphatic carbocycles. The van der Waals surface area contributed by atoms with Crippen molar-refractivity contribution in [3.05, 3.63) is 28.8 Å². The van der Waals surface area contributed by atoms with Crippen molar-refractivity contribution in [1.29, 1.82) is 5.26 Å². The van der Waals surface area contributed by atoms with Gasteiger partial charge in [0.25, 0.3) is 0 Å². The monoisotopic (exact) mass is 343 g/mol. The number of nitriles is 1. The first-order valence-corrected chi connectivity index (χ1v) is 7.87. The number of nitrogens with zero attached hydrogens (tertiary/aromatic N) is 1. The topological polar surface area (TPSA) is 33.0 Å². The van der Waals surface area contributed by atoms with Gasteiger partial charge in [-0.05, 0) is 51.3 Å². The minimum Gasteiger partial charge on any atom is -0.493 e. The number of hydrogen-bond donors (Lipinski definition) is 0. The van der Waals surface area contributed by atoms with E-state index in [1.54, 1.807) is 0 Å². The molecular formula is C15H19BrClNO. The Kier molecular flexibility index (Phi) is 6.68. The molecule has 0 fully saturated rings. The number of benzene rings is 1. The lowest BCUT2D eigenvalue weighted by molar-refractivity contribution is 0.293. The molecule has 0 N–H and O–H groups in total. The van der Waals surface area contributed by atoms with Gasteiger partial charge >= 0.3 is 0 Å². The van der Waals surface area contributed by atoms with Crippen molar-refractivity contribution in [3.8, 4) is 11.8 Å². The second kappa shape index (κ2) is 7.77. The van der Waals surface area contributed by atoms with E-state index in [-0.39, 0.29) is 5.41 Å². The first-order chi connectivity index (χ1) is 8.98. The molecule has 0 aliphatic rings. The molecule has 0 unspecified atom stereocenters. The molecule has 0 saturated carbocycles. The van der Waals surface area contributed by atoms with Crippen LogP contribution in [0.25, 0.3) is 0 Å². The lowest BCUT2D eigenvalue weighted by atomic mass is 9.89. The summed E-state index contributed by atoms with van der Waals surface area (Å²) in [5.74, 6) is 0.876. The Morgan fingerprint density at radius 3 is 2.74 bits per heavy atom. The number of hydrogen-bond acceptors (Lipinski definition) is 2. The maximum absolute atomic E-state index is 8.92. The summed E-state index contributed by atoms with van der Waals surface area (Å²) in [5.41, 5.74) is 0.825. The third-order valence-electron chi connectivity index (χ3n) is 2.92. The van der Waals surface area contributed by atoms with Crippen LogP contribution in [-0.2, 0) is 5.33 Å². The summed E-state index contributed by atoms with van der Waals surface area (Å²) >= 11 is 9.36. The molecule has 0 amide bonds. The number of halogens is 2. The van der Waals surface area contributed by atoms with Gasteiger partial charge in [0, 0.05) is 15.9 Å². The van der Waals surface area contributed by atoms with Gasteiger partial charge in [0.2, 0.25) is 0 Å². The van der Waals surface area contributed by atoms with Gasteiger partial charge in [-0.3, -0.25) is 0 Å². The molecule has 0 aromatic heterocycles. The van der Waals surface area contributed by atoms with Crippen LogP contribution in [0.1, 0.15) is 38.7 Å². The van der Waals surface area contributed by atoms with Crippen molar-refractivity contribution >= 4 is 27.5 Å². The first kappa shape index (κ1) is 16.3. The van der Waals surface area contributed by atoms with Gasteiger partial charge in [0.1, 0.15) is 5.75 Å². The fourth-order valence-corrected chi connectivity index (χ4v) is 2.33. The van der Waals surface area contributed by atoms with Crippen LogP contribution in [0, 0.1) is 16.7 Å². The van der Waals surface area contributed by atoms with Crippen molar-refractivity contribution in [3.63, 3.8) is 0 Å². The first-order valence-electron chi connectivity index (χ1n) is 6.37. The molecule has 0 heterocycles. The average Bonchev–Trinajstić information content (AvgIpc) is 2.39. The Labute approximate surface area is 128 Å². The smallest absolute Gasteiger partial charge is 0.123 e. The van der Waals surface area contributed by atoms with E-state index in [2.05, 4.69) is 22.0 Å². The Balaban J connectivity index is 2.36. The fraction of sp³-hybridized carbons (Fsp3) is 0.533. The van der Waals surface area contributed by atoms with Gasteiger partial charge in [0.15, 0.2) is 0 Å². The number of ether oxygens (including phenoxy) is 1. The molecule has 0 radical (unpaired) electrons. The van der Waals surface area contributed by atoms with Gasteiger partial charge in [-0.2, -0.15) is 5.26 Å². The Morgan fingerprint density at radius 1 is 1.37 bits per heavy atom. The SMILES string of the molecule is CC(C)(C#N)CCCCOc1ccc(Cl)cc1CBr. The highest BCUT2D eigenvalue weighted by Crippen LogP contribution is 2.26. The molecule has 0 atom stereocenters. The van der Waals surface area contributed by atoms with Gasteiger partial charge in [-0.15, -0.1) is 0 Å². The third-order valence-corrected chi connectivity index (χ3v) is 3.76. The minimum absolute atomic E-state index is 0.235. The molecule has 0 spiro atoms. The number of alkyl halides is 1. The van der Waals surface area contributed by atoms with Crippen LogP contribution in [-0.4, -0.2) is 6.61 Å². The van der Waals surface area contributed by atoms with Crippen molar-refractivity contribution in [2.24, 2.45) is 5.41 Å². The molecule has 2 nitrogen and oxygen atoms in total. The van der Waals surface area contributed by atoms with E-state index in [9.17, 15) is 0 Å². The second-order valence-electron chi connectivity index (χ2n) is 5.19. The fourth-order valence-electron chi connectivity index (χ4n) is 1.70. The summed E-state index contributed by atoms with van der Waals surface area (Å²) in [6.45, 7) is 4.61. The van der Waals surface area contributed by atoms with E-state index in [1.165, 1.54) is 0 Å². The van der Waals surface area contributed by atoms with Crippen LogP contribution in [0.3, 0.4) is 0 Å². The van der Waals surface area contributed by atoms with Crippen LogP contribution in [0.15, 0.2) is 18.2 Å². The predicted octanol–water partition coefficient (Wildman–Crippen LogP) is 5.33. The molecule has 1 aromatic carbocycles. The molecule has 0 bridgehead atoms. The standard InChI is InChI=1S/C15H19BrClNO/c1-15(2,11-18)7-3-4-8-19-14-6-5-13(17)9-12(14)10-16/h5-6,9H,3-4,7-8,10H2,1-2H3. The average molecular weight is 345 g/mol. The van der Waals surface area contributed by atoms with Gasteiger partial charge in [0.05, 0.1) is 18.1 Å². The second-order valence-corrected chi connectivity index (χ2v) is 6.18. The number of rotatable bonds is 7. The zero-order valence-electron chi connectivity index (χ0n) is 11.4. The van der Waals surface area contributed by atoms with E-state index >= 15 is 0 Å². The lowest BCUT2D eigenvalue weighted by Crippen LogP contribution is -2.08. The lowest BCUT2D eigenvalue weighted by Gasteiger charge is -2.15. The summed E-state index contributed by atoms with van der Waals surface area (Å²) in [4.78, 5) is 0. The zero-order chi connectivity index (χ0) is 14.3. The van der Waals surface area contributed by atoms with Crippen LogP contribution in [0.5, 0.6) is 5.75 Å². The molecule has 0 aliphatic heterocycles. The van der Waals surface area contributed by atoms with Crippen LogP contribution in [0.2, 0.25) is 5.02 Å². The Morgan fingerprint density at radius 2 is 2.11 bits per heavy atom. The molecule has 1 rings (SSSR count). The summed E-state index contributed by atoms with van der Waals surface area (Å²) in [5, 5.41) is 10.4. The molecule has 104 valence electrons. The Bertz CT molecular complexity index is 454. The zero-order valence-corrected chi connectivity index (χ0v) is 13.7. The quantitative estimate of drug-likeness (QED) is 0.494. The van der Waals surface area contributed by atoms with Crippen molar-refractivity contribution in [2.75, 3.05) is 6.61 Å². The highest BCUT2D eigenvalue weighted by atomic mass is 79.9. The summed E-state index contributed by atoms with van der Waals surface area (Å²) in [6, 6.07) is 7.96. The normalized spacial score (nSPS) is 11.1. The van der Waals surface area contributed by atoms with E-state index in [0.717, 1.165) is 40.9 Å². The molecular weight excluding hydrogens is 326 g/mol. The largest absolute Gasteiger partial charge is 0.493 e. The van der Waals surface area contributed by atoms with Gasteiger partial charge < -0.3 is 4.74 Å². The van der Waals surface area contributed by atoms with E-state index in [1.807, 2.05) is 32.0 Å². The maximum atomic E-state index is 8.92. The highest BCUT2D eigenvalue weighted by molar-refractivity contribution is 9.08. The summed E-state index contributed by atoms with van der Waals surface area (Å²) in [7, 11) is 0. The van der Waals surface area contributed by atoms with Crippen LogP contribution >= 0.6 is 27.5 Å². The number of unbranched alkanes of at least 4 members (excludes halogenated alkanes) is 1. The van der Waals surface area contributed by atoms with Gasteiger partial charge in [-0.25, -0.2) is 0 Å². The highest BCUT2D eigenvalue weighted by Gasteiger charge is 2.15. The summed E-state index contributed by atoms with van der Waals surface area (Å²) in [6.07, 6.45) is 2.85. The Hall–Kier alpha value is -0.720. The third kappa shape index (κ3) is 5.84. The maximum Gasteiger partial charge on any atom is 0.123 e. The van der Waals surface area contributed by atoms with E-state index in [4.69, 9.17) is 21.6 Å². The van der Waals surface area contributed by atoms with Crippen molar-refractivity contribution in [1.82, 2.24) is 0 Å². The predicted molar refractivity (Wildman–Crippen MR) is 82.8 cm³/mol. The molecule has 4 heteroatoms. The van der Waals surface area contributed by atoms with Gasteiger partial charge in [-0.1, -0.05) is 27.5 Å².